The Morgan fingerprint density at radius 2 is 1.77 bits per heavy atom. The van der Waals surface area contributed by atoms with Crippen LogP contribution in [0, 0.1) is 11.8 Å². The fourth-order valence-corrected chi connectivity index (χ4v) is 3.96. The molecule has 1 aliphatic carbocycles. The van der Waals surface area contributed by atoms with Crippen LogP contribution < -0.4 is 5.32 Å². The summed E-state index contributed by atoms with van der Waals surface area (Å²) >= 11 is 0. The van der Waals surface area contributed by atoms with Crippen LogP contribution in [-0.4, -0.2) is 42.8 Å². The minimum atomic E-state index is -0.224. The molecule has 0 radical (unpaired) electrons. The molecular formula is C20H26N2O4. The lowest BCUT2D eigenvalue weighted by molar-refractivity contribution is -0.140. The highest BCUT2D eigenvalue weighted by atomic mass is 16.5. The van der Waals surface area contributed by atoms with E-state index in [1.807, 2.05) is 30.3 Å². The molecule has 0 aromatic heterocycles. The minimum Gasteiger partial charge on any atom is -0.375 e. The third-order valence-electron chi connectivity index (χ3n) is 5.44. The summed E-state index contributed by atoms with van der Waals surface area (Å²) in [5, 5.41) is 2.84. The second-order valence-electron chi connectivity index (χ2n) is 7.01. The van der Waals surface area contributed by atoms with Gasteiger partial charge in [0, 0.05) is 26.6 Å². The Bertz CT molecular complexity index is 637. The second kappa shape index (κ2) is 8.45. The highest BCUT2D eigenvalue weighted by Crippen LogP contribution is 2.37. The lowest BCUT2D eigenvalue weighted by Crippen LogP contribution is -2.36. The van der Waals surface area contributed by atoms with E-state index in [4.69, 9.17) is 4.74 Å². The van der Waals surface area contributed by atoms with Crippen LogP contribution >= 0.6 is 0 Å². The third kappa shape index (κ3) is 3.96. The average molecular weight is 358 g/mol. The number of likely N-dealkylation sites (tertiary alicyclic amines) is 1. The van der Waals surface area contributed by atoms with Gasteiger partial charge in [-0.1, -0.05) is 43.2 Å². The van der Waals surface area contributed by atoms with Gasteiger partial charge in [0.25, 0.3) is 0 Å². The fraction of sp³-hybridized carbons (Fsp3) is 0.550. The van der Waals surface area contributed by atoms with Crippen molar-refractivity contribution in [2.45, 2.75) is 38.2 Å². The molecule has 1 aromatic rings. The van der Waals surface area contributed by atoms with E-state index in [0.717, 1.165) is 31.2 Å². The van der Waals surface area contributed by atoms with Crippen molar-refractivity contribution in [2.75, 3.05) is 20.2 Å². The molecule has 0 spiro atoms. The standard InChI is InChI=1S/C20H26N2O4/c1-26-17(14-7-3-2-4-8-14)13-21-18(23)11-12-22-19(24)15-9-5-6-10-16(15)20(22)25/h2-4,7-8,15-17H,5-6,9-13H2,1H3,(H,21,23). The van der Waals surface area contributed by atoms with Crippen molar-refractivity contribution in [1.82, 2.24) is 10.2 Å². The van der Waals surface area contributed by atoms with Crippen LogP contribution in [0.25, 0.3) is 0 Å². The molecule has 1 saturated heterocycles. The first-order valence-corrected chi connectivity index (χ1v) is 9.31. The van der Waals surface area contributed by atoms with Gasteiger partial charge < -0.3 is 10.1 Å². The summed E-state index contributed by atoms with van der Waals surface area (Å²) in [6, 6.07) is 9.67. The number of hydrogen-bond donors (Lipinski definition) is 1. The highest BCUT2D eigenvalue weighted by molar-refractivity contribution is 6.05. The molecule has 1 aromatic carbocycles. The molecule has 1 N–H and O–H groups in total. The number of ether oxygens (including phenoxy) is 1. The van der Waals surface area contributed by atoms with E-state index in [0.29, 0.717) is 6.54 Å². The summed E-state index contributed by atoms with van der Waals surface area (Å²) < 4.78 is 5.43. The molecule has 2 aliphatic rings. The summed E-state index contributed by atoms with van der Waals surface area (Å²) in [5.41, 5.74) is 0.990. The summed E-state index contributed by atoms with van der Waals surface area (Å²) in [5.74, 6) is -0.679. The smallest absolute Gasteiger partial charge is 0.233 e. The SMILES string of the molecule is COC(CNC(=O)CCN1C(=O)C2CCCCC2C1=O)c1ccccc1. The van der Waals surface area contributed by atoms with Crippen LogP contribution in [0.4, 0.5) is 0 Å². The quantitative estimate of drug-likeness (QED) is 0.757. The van der Waals surface area contributed by atoms with Crippen molar-refractivity contribution in [3.63, 3.8) is 0 Å². The molecule has 6 nitrogen and oxygen atoms in total. The number of fused-ring (bicyclic) bond motifs is 1. The van der Waals surface area contributed by atoms with E-state index < -0.39 is 0 Å². The first-order valence-electron chi connectivity index (χ1n) is 9.31. The van der Waals surface area contributed by atoms with Crippen LogP contribution in [0.3, 0.4) is 0 Å². The van der Waals surface area contributed by atoms with Gasteiger partial charge in [-0.25, -0.2) is 0 Å². The first-order chi connectivity index (χ1) is 12.6. The molecule has 2 fully saturated rings. The van der Waals surface area contributed by atoms with Crippen molar-refractivity contribution in [3.05, 3.63) is 35.9 Å². The van der Waals surface area contributed by atoms with Crippen LogP contribution in [-0.2, 0) is 19.1 Å². The lowest BCUT2D eigenvalue weighted by atomic mass is 9.81. The normalized spacial score (nSPS) is 23.7. The molecule has 26 heavy (non-hydrogen) atoms. The average Bonchev–Trinajstić information content (AvgIpc) is 2.92. The van der Waals surface area contributed by atoms with Crippen molar-refractivity contribution in [2.24, 2.45) is 11.8 Å². The van der Waals surface area contributed by atoms with Gasteiger partial charge in [0.2, 0.25) is 17.7 Å². The number of imide groups is 1. The van der Waals surface area contributed by atoms with Crippen LogP contribution in [0.5, 0.6) is 0 Å². The van der Waals surface area contributed by atoms with Gasteiger partial charge in [-0.2, -0.15) is 0 Å². The maximum absolute atomic E-state index is 12.4. The van der Waals surface area contributed by atoms with Crippen LogP contribution in [0.2, 0.25) is 0 Å². The predicted molar refractivity (Wildman–Crippen MR) is 96.0 cm³/mol. The summed E-state index contributed by atoms with van der Waals surface area (Å²) in [6.45, 7) is 0.520. The Kier molecular flexibility index (Phi) is 6.04. The van der Waals surface area contributed by atoms with E-state index >= 15 is 0 Å². The molecule has 1 saturated carbocycles. The minimum absolute atomic E-state index is 0.0912. The van der Waals surface area contributed by atoms with Crippen molar-refractivity contribution in [3.8, 4) is 0 Å². The number of amides is 3. The number of hydrogen-bond acceptors (Lipinski definition) is 4. The molecule has 6 heteroatoms. The monoisotopic (exact) mass is 358 g/mol. The Morgan fingerprint density at radius 3 is 2.35 bits per heavy atom. The zero-order valence-corrected chi connectivity index (χ0v) is 15.1. The van der Waals surface area contributed by atoms with Gasteiger partial charge >= 0.3 is 0 Å². The van der Waals surface area contributed by atoms with Gasteiger partial charge in [-0.3, -0.25) is 19.3 Å². The van der Waals surface area contributed by atoms with E-state index in [2.05, 4.69) is 5.32 Å². The van der Waals surface area contributed by atoms with Crippen molar-refractivity contribution < 1.29 is 19.1 Å². The zero-order valence-electron chi connectivity index (χ0n) is 15.1. The summed E-state index contributed by atoms with van der Waals surface area (Å²) in [6.07, 6.45) is 3.51. The fourth-order valence-electron chi connectivity index (χ4n) is 3.96. The van der Waals surface area contributed by atoms with Gasteiger partial charge in [-0.05, 0) is 18.4 Å². The van der Waals surface area contributed by atoms with E-state index in [1.54, 1.807) is 7.11 Å². The number of nitrogens with one attached hydrogen (secondary N) is 1. The number of carbonyl (C=O) groups excluding carboxylic acids is 3. The summed E-state index contributed by atoms with van der Waals surface area (Å²) in [4.78, 5) is 38.3. The van der Waals surface area contributed by atoms with Crippen molar-refractivity contribution in [1.29, 1.82) is 0 Å². The van der Waals surface area contributed by atoms with Gasteiger partial charge in [-0.15, -0.1) is 0 Å². The van der Waals surface area contributed by atoms with E-state index in [-0.39, 0.29) is 48.6 Å². The molecule has 0 bridgehead atoms. The number of benzene rings is 1. The molecule has 3 amide bonds. The Morgan fingerprint density at radius 1 is 1.15 bits per heavy atom. The van der Waals surface area contributed by atoms with Crippen molar-refractivity contribution >= 4 is 17.7 Å². The molecule has 3 unspecified atom stereocenters. The number of methoxy groups -OCH3 is 1. The first kappa shape index (κ1) is 18.6. The molecule has 3 rings (SSSR count). The molecule has 3 atom stereocenters. The zero-order chi connectivity index (χ0) is 18.5. The molecular weight excluding hydrogens is 332 g/mol. The molecule has 1 aliphatic heterocycles. The number of rotatable bonds is 7. The number of nitrogens with zero attached hydrogens (tertiary/aromatic N) is 1. The predicted octanol–water partition coefficient (Wildman–Crippen LogP) is 2.06. The van der Waals surface area contributed by atoms with Crippen LogP contribution in [0.1, 0.15) is 43.8 Å². The Hall–Kier alpha value is -2.21. The highest BCUT2D eigenvalue weighted by Gasteiger charge is 2.47. The Balaban J connectivity index is 1.48. The van der Waals surface area contributed by atoms with Gasteiger partial charge in [0.15, 0.2) is 0 Å². The maximum Gasteiger partial charge on any atom is 0.233 e. The lowest BCUT2D eigenvalue weighted by Gasteiger charge is -2.19. The van der Waals surface area contributed by atoms with Gasteiger partial charge in [0.1, 0.15) is 0 Å². The number of carbonyl (C=O) groups is 3. The third-order valence-corrected chi connectivity index (χ3v) is 5.44. The van der Waals surface area contributed by atoms with E-state index in [9.17, 15) is 14.4 Å². The van der Waals surface area contributed by atoms with Gasteiger partial charge in [0.05, 0.1) is 17.9 Å². The second-order valence-corrected chi connectivity index (χ2v) is 7.01. The van der Waals surface area contributed by atoms with Crippen LogP contribution in [0.15, 0.2) is 30.3 Å². The molecule has 1 heterocycles. The van der Waals surface area contributed by atoms with E-state index in [1.165, 1.54) is 4.90 Å². The largest absolute Gasteiger partial charge is 0.375 e. The molecule has 140 valence electrons. The maximum atomic E-state index is 12.4. The Labute approximate surface area is 153 Å². The summed E-state index contributed by atoms with van der Waals surface area (Å²) in [7, 11) is 1.60. The topological polar surface area (TPSA) is 75.7 Å².